The Labute approximate surface area is 107 Å². The number of unbranched alkanes of at least 4 members (excludes halogenated alkanes) is 3. The molecule has 0 spiro atoms. The van der Waals surface area contributed by atoms with Crippen molar-refractivity contribution in [2.75, 3.05) is 30.1 Å². The molecular formula is C12H25NOS2. The Morgan fingerprint density at radius 1 is 1.19 bits per heavy atom. The van der Waals surface area contributed by atoms with E-state index in [2.05, 4.69) is 11.6 Å². The second kappa shape index (κ2) is 9.49. The summed E-state index contributed by atoms with van der Waals surface area (Å²) in [6, 6.07) is 0.642. The van der Waals surface area contributed by atoms with Gasteiger partial charge < -0.3 is 5.32 Å². The summed E-state index contributed by atoms with van der Waals surface area (Å²) in [6.45, 7) is 1.15. The van der Waals surface area contributed by atoms with Crippen LogP contribution in [0.5, 0.6) is 0 Å². The number of hydrogen-bond acceptors (Lipinski definition) is 3. The molecule has 0 amide bonds. The van der Waals surface area contributed by atoms with Gasteiger partial charge in [-0.25, -0.2) is 0 Å². The molecule has 0 aromatic carbocycles. The van der Waals surface area contributed by atoms with E-state index < -0.39 is 10.8 Å². The van der Waals surface area contributed by atoms with Gasteiger partial charge in [0.15, 0.2) is 0 Å². The molecule has 1 N–H and O–H groups in total. The summed E-state index contributed by atoms with van der Waals surface area (Å²) in [4.78, 5) is 0. The molecule has 96 valence electrons. The Morgan fingerprint density at radius 2 is 1.88 bits per heavy atom. The summed E-state index contributed by atoms with van der Waals surface area (Å²) in [5, 5.41) is 3.59. The van der Waals surface area contributed by atoms with Gasteiger partial charge in [-0.1, -0.05) is 12.8 Å². The van der Waals surface area contributed by atoms with Gasteiger partial charge in [0.2, 0.25) is 0 Å². The Bertz CT molecular complexity index is 189. The van der Waals surface area contributed by atoms with Gasteiger partial charge in [-0.15, -0.1) is 0 Å². The van der Waals surface area contributed by atoms with E-state index in [1.807, 2.05) is 11.8 Å². The normalized spacial score (nSPS) is 25.8. The summed E-state index contributed by atoms with van der Waals surface area (Å²) in [7, 11) is -0.516. The van der Waals surface area contributed by atoms with Crippen LogP contribution in [0.3, 0.4) is 0 Å². The predicted molar refractivity (Wildman–Crippen MR) is 75.8 cm³/mol. The molecule has 1 aliphatic rings. The molecule has 4 heteroatoms. The van der Waals surface area contributed by atoms with Gasteiger partial charge >= 0.3 is 0 Å². The fraction of sp³-hybridized carbons (Fsp3) is 1.00. The van der Waals surface area contributed by atoms with Gasteiger partial charge in [0.25, 0.3) is 0 Å². The lowest BCUT2D eigenvalue weighted by atomic mass is 10.1. The Hall–Kier alpha value is 0.460. The molecule has 0 saturated carbocycles. The van der Waals surface area contributed by atoms with Crippen molar-refractivity contribution in [2.24, 2.45) is 0 Å². The van der Waals surface area contributed by atoms with Gasteiger partial charge in [-0.05, 0) is 44.2 Å². The largest absolute Gasteiger partial charge is 0.314 e. The molecule has 1 rings (SSSR count). The molecule has 0 bridgehead atoms. The zero-order valence-corrected chi connectivity index (χ0v) is 12.0. The van der Waals surface area contributed by atoms with Crippen LogP contribution in [0.15, 0.2) is 0 Å². The minimum atomic E-state index is -0.516. The molecule has 0 aromatic heterocycles. The first kappa shape index (κ1) is 14.5. The first-order valence-electron chi connectivity index (χ1n) is 6.40. The Balaban J connectivity index is 1.85. The van der Waals surface area contributed by atoms with E-state index in [-0.39, 0.29) is 0 Å². The SMILES string of the molecule is CSCCCCCCNC1CCS(=O)CC1. The van der Waals surface area contributed by atoms with Crippen LogP contribution < -0.4 is 5.32 Å². The van der Waals surface area contributed by atoms with Crippen LogP contribution >= 0.6 is 11.8 Å². The van der Waals surface area contributed by atoms with Crippen LogP contribution in [0.4, 0.5) is 0 Å². The maximum Gasteiger partial charge on any atom is 0.0249 e. The lowest BCUT2D eigenvalue weighted by Gasteiger charge is -2.22. The molecule has 16 heavy (non-hydrogen) atoms. The van der Waals surface area contributed by atoms with E-state index in [1.165, 1.54) is 31.4 Å². The standard InChI is InChI=1S/C12H25NOS2/c1-15-9-5-3-2-4-8-13-12-6-10-16(14)11-7-12/h12-13H,2-11H2,1H3. The average molecular weight is 263 g/mol. The third-order valence-electron chi connectivity index (χ3n) is 3.10. The second-order valence-electron chi connectivity index (χ2n) is 4.48. The average Bonchev–Trinajstić information content (AvgIpc) is 2.30. The van der Waals surface area contributed by atoms with E-state index in [0.29, 0.717) is 6.04 Å². The quantitative estimate of drug-likeness (QED) is 0.682. The maximum atomic E-state index is 11.2. The monoisotopic (exact) mass is 263 g/mol. The number of thioether (sulfide) groups is 1. The van der Waals surface area contributed by atoms with E-state index in [9.17, 15) is 4.21 Å². The third kappa shape index (κ3) is 6.92. The molecule has 2 nitrogen and oxygen atoms in total. The van der Waals surface area contributed by atoms with Gasteiger partial charge in [0.05, 0.1) is 0 Å². The summed E-state index contributed by atoms with van der Waals surface area (Å²) >= 11 is 1.94. The van der Waals surface area contributed by atoms with Gasteiger partial charge in [-0.3, -0.25) is 4.21 Å². The lowest BCUT2D eigenvalue weighted by Crippen LogP contribution is -2.36. The maximum absolute atomic E-state index is 11.2. The topological polar surface area (TPSA) is 29.1 Å². The van der Waals surface area contributed by atoms with E-state index in [1.54, 1.807) is 0 Å². The van der Waals surface area contributed by atoms with Crippen molar-refractivity contribution in [3.05, 3.63) is 0 Å². The van der Waals surface area contributed by atoms with Crippen LogP contribution in [0.1, 0.15) is 38.5 Å². The van der Waals surface area contributed by atoms with Crippen LogP contribution in [0.25, 0.3) is 0 Å². The van der Waals surface area contributed by atoms with Crippen molar-refractivity contribution in [3.8, 4) is 0 Å². The van der Waals surface area contributed by atoms with Crippen LogP contribution in [-0.2, 0) is 10.8 Å². The highest BCUT2D eigenvalue weighted by atomic mass is 32.2. The highest BCUT2D eigenvalue weighted by Crippen LogP contribution is 2.09. The minimum Gasteiger partial charge on any atom is -0.314 e. The summed E-state index contributed by atoms with van der Waals surface area (Å²) < 4.78 is 11.2. The zero-order valence-electron chi connectivity index (χ0n) is 10.4. The molecule has 0 aromatic rings. The predicted octanol–water partition coefficient (Wildman–Crippen LogP) is 2.41. The van der Waals surface area contributed by atoms with Gasteiger partial charge in [-0.2, -0.15) is 11.8 Å². The Kier molecular flexibility index (Phi) is 8.61. The molecule has 1 aliphatic heterocycles. The molecule has 0 unspecified atom stereocenters. The molecule has 0 aliphatic carbocycles. The molecule has 1 saturated heterocycles. The van der Waals surface area contributed by atoms with Gasteiger partial charge in [0, 0.05) is 28.3 Å². The highest BCUT2D eigenvalue weighted by molar-refractivity contribution is 7.98. The smallest absolute Gasteiger partial charge is 0.0249 e. The zero-order chi connectivity index (χ0) is 11.6. The second-order valence-corrected chi connectivity index (χ2v) is 7.17. The molecule has 1 fully saturated rings. The third-order valence-corrected chi connectivity index (χ3v) is 5.18. The van der Waals surface area contributed by atoms with Gasteiger partial charge in [0.1, 0.15) is 0 Å². The fourth-order valence-electron chi connectivity index (χ4n) is 2.03. The summed E-state index contributed by atoms with van der Waals surface area (Å²) in [5.41, 5.74) is 0. The van der Waals surface area contributed by atoms with Crippen molar-refractivity contribution in [1.29, 1.82) is 0 Å². The first-order chi connectivity index (χ1) is 7.83. The summed E-state index contributed by atoms with van der Waals surface area (Å²) in [5.74, 6) is 3.12. The van der Waals surface area contributed by atoms with Crippen molar-refractivity contribution < 1.29 is 4.21 Å². The lowest BCUT2D eigenvalue weighted by molar-refractivity contribution is 0.463. The van der Waals surface area contributed by atoms with Crippen LogP contribution in [0, 0.1) is 0 Å². The summed E-state index contributed by atoms with van der Waals surface area (Å²) in [6.07, 6.45) is 9.79. The van der Waals surface area contributed by atoms with Crippen LogP contribution in [0.2, 0.25) is 0 Å². The van der Waals surface area contributed by atoms with E-state index in [4.69, 9.17) is 0 Å². The minimum absolute atomic E-state index is 0.516. The van der Waals surface area contributed by atoms with Crippen molar-refractivity contribution >= 4 is 22.6 Å². The molecular weight excluding hydrogens is 238 g/mol. The van der Waals surface area contributed by atoms with Crippen LogP contribution in [-0.4, -0.2) is 40.3 Å². The number of rotatable bonds is 8. The molecule has 1 heterocycles. The number of hydrogen-bond donors (Lipinski definition) is 1. The highest BCUT2D eigenvalue weighted by Gasteiger charge is 2.16. The first-order valence-corrected chi connectivity index (χ1v) is 9.28. The molecule has 0 atom stereocenters. The van der Waals surface area contributed by atoms with E-state index in [0.717, 1.165) is 30.9 Å². The van der Waals surface area contributed by atoms with Crippen molar-refractivity contribution in [3.63, 3.8) is 0 Å². The Morgan fingerprint density at radius 3 is 2.56 bits per heavy atom. The van der Waals surface area contributed by atoms with E-state index >= 15 is 0 Å². The fourth-order valence-corrected chi connectivity index (χ4v) is 3.82. The van der Waals surface area contributed by atoms with Crippen molar-refractivity contribution in [1.82, 2.24) is 5.32 Å². The molecule has 0 radical (unpaired) electrons. The number of nitrogens with one attached hydrogen (secondary N) is 1. The van der Waals surface area contributed by atoms with Crippen molar-refractivity contribution in [2.45, 2.75) is 44.6 Å².